The first-order valence-electron chi connectivity index (χ1n) is 6.98. The highest BCUT2D eigenvalue weighted by Crippen LogP contribution is 2.40. The minimum Gasteiger partial charge on any atom is -0.387 e. The molecule has 1 fully saturated rings. The minimum absolute atomic E-state index is 0.653. The Hall–Kier alpha value is -0.870. The van der Waals surface area contributed by atoms with Gasteiger partial charge in [-0.15, -0.1) is 0 Å². The molecule has 0 aliphatic heterocycles. The van der Waals surface area contributed by atoms with Gasteiger partial charge in [0, 0.05) is 18.3 Å². The second kappa shape index (κ2) is 5.41. The van der Waals surface area contributed by atoms with Gasteiger partial charge in [-0.25, -0.2) is 0 Å². The summed E-state index contributed by atoms with van der Waals surface area (Å²) in [5, 5.41) is 25.1. The van der Waals surface area contributed by atoms with E-state index in [0.29, 0.717) is 18.8 Å². The van der Waals surface area contributed by atoms with Crippen LogP contribution in [-0.2, 0) is 6.54 Å². The van der Waals surface area contributed by atoms with Gasteiger partial charge < -0.3 is 10.2 Å². The van der Waals surface area contributed by atoms with Gasteiger partial charge in [0.1, 0.15) is 6.10 Å². The van der Waals surface area contributed by atoms with E-state index in [4.69, 9.17) is 0 Å². The minimum atomic E-state index is -0.966. The number of aliphatic hydroxyl groups excluding tert-OH is 1. The number of hydrogen-bond acceptors (Lipinski definition) is 3. The quantitative estimate of drug-likeness (QED) is 0.864. The van der Waals surface area contributed by atoms with Crippen molar-refractivity contribution < 1.29 is 10.2 Å². The van der Waals surface area contributed by atoms with E-state index in [0.717, 1.165) is 31.4 Å². The summed E-state index contributed by atoms with van der Waals surface area (Å²) < 4.78 is 1.83. The highest BCUT2D eigenvalue weighted by atomic mass is 16.3. The van der Waals surface area contributed by atoms with Crippen molar-refractivity contribution in [2.75, 3.05) is 0 Å². The number of rotatable bonds is 4. The van der Waals surface area contributed by atoms with Crippen LogP contribution in [0.2, 0.25) is 0 Å². The summed E-state index contributed by atoms with van der Waals surface area (Å²) >= 11 is 0. The van der Waals surface area contributed by atoms with Crippen LogP contribution in [0.4, 0.5) is 0 Å². The molecule has 1 aliphatic rings. The average Bonchev–Trinajstić information content (AvgIpc) is 2.81. The lowest BCUT2D eigenvalue weighted by atomic mass is 9.75. The Morgan fingerprint density at radius 1 is 1.50 bits per heavy atom. The Labute approximate surface area is 109 Å². The van der Waals surface area contributed by atoms with Crippen molar-refractivity contribution in [3.8, 4) is 0 Å². The Balaban J connectivity index is 2.07. The van der Waals surface area contributed by atoms with Crippen LogP contribution in [0.5, 0.6) is 0 Å². The highest BCUT2D eigenvalue weighted by molar-refractivity contribution is 5.13. The predicted octanol–water partition coefficient (Wildman–Crippen LogP) is 2.27. The summed E-state index contributed by atoms with van der Waals surface area (Å²) in [6.45, 7) is 5.14. The number of aryl methyl sites for hydroxylation is 1. The molecular weight excluding hydrogens is 228 g/mol. The van der Waals surface area contributed by atoms with E-state index in [1.165, 1.54) is 0 Å². The van der Waals surface area contributed by atoms with E-state index in [1.807, 2.05) is 10.9 Å². The fourth-order valence-corrected chi connectivity index (χ4v) is 2.72. The molecule has 2 N–H and O–H groups in total. The molecule has 1 aromatic heterocycles. The SMILES string of the molecule is CCCn1cc(C(O)C2(O)CCC(C)CC2)cn1. The van der Waals surface area contributed by atoms with Gasteiger partial charge in [-0.2, -0.15) is 5.10 Å². The molecule has 2 rings (SSSR count). The van der Waals surface area contributed by atoms with Gasteiger partial charge in [0.25, 0.3) is 0 Å². The molecule has 0 radical (unpaired) electrons. The number of hydrogen-bond donors (Lipinski definition) is 2. The lowest BCUT2D eigenvalue weighted by molar-refractivity contribution is -0.105. The van der Waals surface area contributed by atoms with Crippen molar-refractivity contribution in [1.29, 1.82) is 0 Å². The van der Waals surface area contributed by atoms with Crippen LogP contribution in [0.15, 0.2) is 12.4 Å². The van der Waals surface area contributed by atoms with Crippen LogP contribution in [-0.4, -0.2) is 25.6 Å². The maximum atomic E-state index is 10.6. The fraction of sp³-hybridized carbons (Fsp3) is 0.786. The summed E-state index contributed by atoms with van der Waals surface area (Å²) in [4.78, 5) is 0. The van der Waals surface area contributed by atoms with Crippen molar-refractivity contribution in [1.82, 2.24) is 9.78 Å². The zero-order chi connectivity index (χ0) is 13.2. The first kappa shape index (κ1) is 13.6. The zero-order valence-corrected chi connectivity index (χ0v) is 11.3. The molecule has 0 aromatic carbocycles. The summed E-state index contributed by atoms with van der Waals surface area (Å²) in [6, 6.07) is 0. The predicted molar refractivity (Wildman–Crippen MR) is 70.1 cm³/mol. The molecule has 18 heavy (non-hydrogen) atoms. The van der Waals surface area contributed by atoms with Crippen LogP contribution in [0, 0.1) is 5.92 Å². The van der Waals surface area contributed by atoms with Gasteiger partial charge in [-0.05, 0) is 38.0 Å². The Bertz CT molecular complexity index is 381. The Morgan fingerprint density at radius 2 is 2.17 bits per heavy atom. The van der Waals surface area contributed by atoms with E-state index in [1.54, 1.807) is 6.20 Å². The van der Waals surface area contributed by atoms with Gasteiger partial charge >= 0.3 is 0 Å². The van der Waals surface area contributed by atoms with Crippen molar-refractivity contribution in [2.24, 2.45) is 5.92 Å². The third kappa shape index (κ3) is 2.75. The second-order valence-electron chi connectivity index (χ2n) is 5.73. The second-order valence-corrected chi connectivity index (χ2v) is 5.73. The molecular formula is C14H24N2O2. The van der Waals surface area contributed by atoms with Gasteiger partial charge in [0.15, 0.2) is 0 Å². The van der Waals surface area contributed by atoms with Crippen molar-refractivity contribution >= 4 is 0 Å². The molecule has 0 saturated heterocycles. The van der Waals surface area contributed by atoms with Gasteiger partial charge in [0.05, 0.1) is 11.8 Å². The summed E-state index contributed by atoms with van der Waals surface area (Å²) in [5.74, 6) is 0.653. The summed E-state index contributed by atoms with van der Waals surface area (Å²) in [5.41, 5.74) is -0.229. The third-order valence-corrected chi connectivity index (χ3v) is 4.07. The molecule has 1 aromatic rings. The molecule has 102 valence electrons. The van der Waals surface area contributed by atoms with Gasteiger partial charge in [0.2, 0.25) is 0 Å². The van der Waals surface area contributed by atoms with Crippen LogP contribution < -0.4 is 0 Å². The van der Waals surface area contributed by atoms with Crippen LogP contribution in [0.3, 0.4) is 0 Å². The van der Waals surface area contributed by atoms with Crippen LogP contribution in [0.1, 0.15) is 57.6 Å². The smallest absolute Gasteiger partial charge is 0.111 e. The normalized spacial score (nSPS) is 30.3. The number of aromatic nitrogens is 2. The van der Waals surface area contributed by atoms with Crippen LogP contribution >= 0.6 is 0 Å². The van der Waals surface area contributed by atoms with E-state index in [2.05, 4.69) is 18.9 Å². The van der Waals surface area contributed by atoms with E-state index in [9.17, 15) is 10.2 Å². The standard InChI is InChI=1S/C14H24N2O2/c1-3-8-16-10-12(9-15-16)13(17)14(18)6-4-11(2)5-7-14/h9-11,13,17-18H,3-8H2,1-2H3. The Morgan fingerprint density at radius 3 is 2.78 bits per heavy atom. The molecule has 1 atom stereocenters. The molecule has 1 saturated carbocycles. The summed E-state index contributed by atoms with van der Waals surface area (Å²) in [7, 11) is 0. The Kier molecular flexibility index (Phi) is 4.07. The zero-order valence-electron chi connectivity index (χ0n) is 11.3. The molecule has 1 aliphatic carbocycles. The molecule has 0 amide bonds. The molecule has 4 nitrogen and oxygen atoms in total. The third-order valence-electron chi connectivity index (χ3n) is 4.07. The lowest BCUT2D eigenvalue weighted by Crippen LogP contribution is -2.39. The first-order chi connectivity index (χ1) is 8.55. The van der Waals surface area contributed by atoms with Crippen molar-refractivity contribution in [3.05, 3.63) is 18.0 Å². The van der Waals surface area contributed by atoms with Crippen molar-refractivity contribution in [3.63, 3.8) is 0 Å². The van der Waals surface area contributed by atoms with Gasteiger partial charge in [-0.1, -0.05) is 13.8 Å². The maximum Gasteiger partial charge on any atom is 0.111 e. The number of aliphatic hydroxyl groups is 2. The molecule has 4 heteroatoms. The van der Waals surface area contributed by atoms with E-state index >= 15 is 0 Å². The van der Waals surface area contributed by atoms with Crippen LogP contribution in [0.25, 0.3) is 0 Å². The average molecular weight is 252 g/mol. The lowest BCUT2D eigenvalue weighted by Gasteiger charge is -2.38. The monoisotopic (exact) mass is 252 g/mol. The van der Waals surface area contributed by atoms with E-state index < -0.39 is 11.7 Å². The molecule has 1 unspecified atom stereocenters. The van der Waals surface area contributed by atoms with Gasteiger partial charge in [-0.3, -0.25) is 4.68 Å². The topological polar surface area (TPSA) is 58.3 Å². The van der Waals surface area contributed by atoms with E-state index in [-0.39, 0.29) is 0 Å². The molecule has 0 spiro atoms. The first-order valence-corrected chi connectivity index (χ1v) is 6.98. The summed E-state index contributed by atoms with van der Waals surface area (Å²) in [6.07, 6.45) is 7.05. The maximum absolute atomic E-state index is 10.6. The van der Waals surface area contributed by atoms with Crippen molar-refractivity contribution in [2.45, 2.75) is 64.2 Å². The number of nitrogens with zero attached hydrogens (tertiary/aromatic N) is 2. The largest absolute Gasteiger partial charge is 0.387 e. The highest BCUT2D eigenvalue weighted by Gasteiger charge is 2.39. The molecule has 0 bridgehead atoms. The molecule has 1 heterocycles. The fourth-order valence-electron chi connectivity index (χ4n) is 2.72.